The molecule has 0 radical (unpaired) electrons. The average molecular weight is 221 g/mol. The molecule has 16 heavy (non-hydrogen) atoms. The molecule has 88 valence electrons. The molecule has 0 saturated heterocycles. The van der Waals surface area contributed by atoms with Crippen molar-refractivity contribution < 1.29 is 5.11 Å². The molecule has 1 rings (SSSR count). The predicted octanol–water partition coefficient (Wildman–Crippen LogP) is 1.76. The number of nitrogens with zero attached hydrogens (tertiary/aromatic N) is 3. The van der Waals surface area contributed by atoms with E-state index in [1.807, 2.05) is 6.08 Å². The molecule has 0 bridgehead atoms. The predicted molar refractivity (Wildman–Crippen MR) is 65.3 cm³/mol. The third kappa shape index (κ3) is 3.03. The number of hydrogen-bond donors (Lipinski definition) is 1. The highest BCUT2D eigenvalue weighted by atomic mass is 16.3. The summed E-state index contributed by atoms with van der Waals surface area (Å²) in [6.45, 7) is 10.7. The van der Waals surface area contributed by atoms with Gasteiger partial charge in [-0.3, -0.25) is 0 Å². The first-order chi connectivity index (χ1) is 7.49. The smallest absolute Gasteiger partial charge is 0.225 e. The minimum Gasteiger partial charge on any atom is -0.392 e. The van der Waals surface area contributed by atoms with Crippen molar-refractivity contribution in [2.75, 3.05) is 11.4 Å². The van der Waals surface area contributed by atoms with E-state index in [1.54, 1.807) is 12.4 Å². The van der Waals surface area contributed by atoms with Gasteiger partial charge in [0.15, 0.2) is 0 Å². The molecule has 0 spiro atoms. The molecule has 0 aromatic carbocycles. The lowest BCUT2D eigenvalue weighted by molar-refractivity contribution is 0.281. The number of aromatic nitrogens is 2. The molecule has 4 heteroatoms. The summed E-state index contributed by atoms with van der Waals surface area (Å²) in [5, 5.41) is 8.92. The topological polar surface area (TPSA) is 49.2 Å². The molecule has 0 amide bonds. The summed E-state index contributed by atoms with van der Waals surface area (Å²) in [7, 11) is 0. The van der Waals surface area contributed by atoms with Crippen molar-refractivity contribution >= 4 is 5.95 Å². The van der Waals surface area contributed by atoms with Gasteiger partial charge in [0, 0.05) is 30.0 Å². The van der Waals surface area contributed by atoms with Crippen LogP contribution in [0.2, 0.25) is 0 Å². The zero-order chi connectivity index (χ0) is 12.2. The number of rotatable bonds is 4. The summed E-state index contributed by atoms with van der Waals surface area (Å²) in [5.74, 6) is 0.657. The zero-order valence-electron chi connectivity index (χ0n) is 10.1. The second kappa shape index (κ2) is 5.07. The van der Waals surface area contributed by atoms with Crippen LogP contribution in [0.4, 0.5) is 5.95 Å². The van der Waals surface area contributed by atoms with E-state index in [-0.39, 0.29) is 12.1 Å². The van der Waals surface area contributed by atoms with Crippen LogP contribution in [0.3, 0.4) is 0 Å². The summed E-state index contributed by atoms with van der Waals surface area (Å²) >= 11 is 0. The monoisotopic (exact) mass is 221 g/mol. The van der Waals surface area contributed by atoms with Gasteiger partial charge in [-0.15, -0.1) is 6.58 Å². The van der Waals surface area contributed by atoms with Gasteiger partial charge in [-0.1, -0.05) is 6.08 Å². The van der Waals surface area contributed by atoms with Crippen LogP contribution < -0.4 is 4.90 Å². The molecular formula is C12H19N3O. The summed E-state index contributed by atoms with van der Waals surface area (Å²) < 4.78 is 0. The van der Waals surface area contributed by atoms with E-state index < -0.39 is 0 Å². The summed E-state index contributed by atoms with van der Waals surface area (Å²) in [4.78, 5) is 10.5. The fraction of sp³-hybridized carbons (Fsp3) is 0.500. The molecule has 1 heterocycles. The average Bonchev–Trinajstić information content (AvgIpc) is 2.25. The maximum Gasteiger partial charge on any atom is 0.225 e. The van der Waals surface area contributed by atoms with Crippen LogP contribution in [0.5, 0.6) is 0 Å². The first-order valence-electron chi connectivity index (χ1n) is 5.29. The van der Waals surface area contributed by atoms with E-state index in [4.69, 9.17) is 5.11 Å². The fourth-order valence-corrected chi connectivity index (χ4v) is 1.35. The van der Waals surface area contributed by atoms with Gasteiger partial charge in [0.05, 0.1) is 6.61 Å². The highest BCUT2D eigenvalue weighted by Gasteiger charge is 2.22. The van der Waals surface area contributed by atoms with E-state index in [0.29, 0.717) is 12.5 Å². The van der Waals surface area contributed by atoms with Crippen LogP contribution >= 0.6 is 0 Å². The highest BCUT2D eigenvalue weighted by molar-refractivity contribution is 5.34. The van der Waals surface area contributed by atoms with E-state index in [2.05, 4.69) is 42.2 Å². The minimum absolute atomic E-state index is 0.0305. The lowest BCUT2D eigenvalue weighted by Crippen LogP contribution is -2.42. The fourth-order valence-electron chi connectivity index (χ4n) is 1.35. The normalized spacial score (nSPS) is 11.2. The molecule has 1 aromatic heterocycles. The zero-order valence-corrected chi connectivity index (χ0v) is 10.1. The SMILES string of the molecule is C=CCN(c1ncc(CO)cn1)C(C)(C)C. The lowest BCUT2D eigenvalue weighted by Gasteiger charge is -2.34. The van der Waals surface area contributed by atoms with E-state index >= 15 is 0 Å². The molecule has 1 N–H and O–H groups in total. The first-order valence-corrected chi connectivity index (χ1v) is 5.29. The van der Waals surface area contributed by atoms with Gasteiger partial charge in [-0.25, -0.2) is 9.97 Å². The van der Waals surface area contributed by atoms with Crippen LogP contribution in [-0.4, -0.2) is 27.2 Å². The van der Waals surface area contributed by atoms with Crippen LogP contribution in [0.25, 0.3) is 0 Å². The van der Waals surface area contributed by atoms with Gasteiger partial charge in [-0.05, 0) is 20.8 Å². The van der Waals surface area contributed by atoms with Crippen molar-refractivity contribution in [1.29, 1.82) is 0 Å². The Morgan fingerprint density at radius 2 is 1.94 bits per heavy atom. The first kappa shape index (κ1) is 12.6. The Labute approximate surface area is 96.7 Å². The Morgan fingerprint density at radius 3 is 2.31 bits per heavy atom. The minimum atomic E-state index is -0.0606. The van der Waals surface area contributed by atoms with E-state index in [0.717, 1.165) is 5.56 Å². The Bertz CT molecular complexity index is 340. The van der Waals surface area contributed by atoms with Crippen molar-refractivity contribution in [2.24, 2.45) is 0 Å². The molecule has 0 aliphatic heterocycles. The third-order valence-electron chi connectivity index (χ3n) is 2.24. The molecule has 0 atom stereocenters. The number of anilines is 1. The second-order valence-corrected chi connectivity index (χ2v) is 4.62. The van der Waals surface area contributed by atoms with Crippen molar-refractivity contribution in [3.05, 3.63) is 30.6 Å². The maximum absolute atomic E-state index is 8.92. The Morgan fingerprint density at radius 1 is 1.38 bits per heavy atom. The highest BCUT2D eigenvalue weighted by Crippen LogP contribution is 2.19. The van der Waals surface area contributed by atoms with E-state index in [9.17, 15) is 0 Å². The molecule has 0 aliphatic rings. The van der Waals surface area contributed by atoms with Gasteiger partial charge in [0.1, 0.15) is 0 Å². The van der Waals surface area contributed by atoms with Crippen LogP contribution in [0.1, 0.15) is 26.3 Å². The van der Waals surface area contributed by atoms with Gasteiger partial charge < -0.3 is 10.0 Å². The lowest BCUT2D eigenvalue weighted by atomic mass is 10.1. The number of aliphatic hydroxyl groups excluding tert-OH is 1. The Hall–Kier alpha value is -1.42. The van der Waals surface area contributed by atoms with Gasteiger partial charge >= 0.3 is 0 Å². The molecule has 0 saturated carbocycles. The molecule has 0 fully saturated rings. The Balaban J connectivity index is 2.97. The summed E-state index contributed by atoms with van der Waals surface area (Å²) in [6, 6.07) is 0. The molecule has 1 aromatic rings. The maximum atomic E-state index is 8.92. The standard InChI is InChI=1S/C12H19N3O/c1-5-6-15(12(2,3)4)11-13-7-10(9-16)8-14-11/h5,7-8,16H,1,6,9H2,2-4H3. The number of aliphatic hydroxyl groups is 1. The van der Waals surface area contributed by atoms with Crippen molar-refractivity contribution in [3.8, 4) is 0 Å². The second-order valence-electron chi connectivity index (χ2n) is 4.62. The van der Waals surface area contributed by atoms with Crippen molar-refractivity contribution in [3.63, 3.8) is 0 Å². The molecule has 0 aliphatic carbocycles. The van der Waals surface area contributed by atoms with Gasteiger partial charge in [0.2, 0.25) is 5.95 Å². The largest absolute Gasteiger partial charge is 0.392 e. The summed E-state index contributed by atoms with van der Waals surface area (Å²) in [6.07, 6.45) is 5.11. The third-order valence-corrected chi connectivity index (χ3v) is 2.24. The summed E-state index contributed by atoms with van der Waals surface area (Å²) in [5.41, 5.74) is 0.658. The van der Waals surface area contributed by atoms with E-state index in [1.165, 1.54) is 0 Å². The molecule has 0 unspecified atom stereocenters. The molecule has 4 nitrogen and oxygen atoms in total. The van der Waals surface area contributed by atoms with Gasteiger partial charge in [-0.2, -0.15) is 0 Å². The number of hydrogen-bond acceptors (Lipinski definition) is 4. The Kier molecular flexibility index (Phi) is 4.01. The van der Waals surface area contributed by atoms with Crippen molar-refractivity contribution in [2.45, 2.75) is 32.9 Å². The van der Waals surface area contributed by atoms with Crippen LogP contribution in [0, 0.1) is 0 Å². The van der Waals surface area contributed by atoms with Gasteiger partial charge in [0.25, 0.3) is 0 Å². The van der Waals surface area contributed by atoms with Crippen LogP contribution in [-0.2, 0) is 6.61 Å². The van der Waals surface area contributed by atoms with Crippen LogP contribution in [0.15, 0.2) is 25.0 Å². The molecular weight excluding hydrogens is 202 g/mol. The quantitative estimate of drug-likeness (QED) is 0.787. The van der Waals surface area contributed by atoms with Crippen molar-refractivity contribution in [1.82, 2.24) is 9.97 Å².